The first-order chi connectivity index (χ1) is 9.52. The molecular weight excluding hydrogens is 256 g/mol. The van der Waals surface area contributed by atoms with Crippen molar-refractivity contribution in [3.63, 3.8) is 0 Å². The number of hydrogen-bond donors (Lipinski definition) is 2. The summed E-state index contributed by atoms with van der Waals surface area (Å²) in [5.74, 6) is 1.75. The molecule has 0 saturated heterocycles. The Morgan fingerprint density at radius 3 is 2.65 bits per heavy atom. The van der Waals surface area contributed by atoms with Crippen molar-refractivity contribution in [3.05, 3.63) is 26.4 Å². The van der Waals surface area contributed by atoms with E-state index in [1.54, 1.807) is 6.92 Å². The van der Waals surface area contributed by atoms with Crippen molar-refractivity contribution in [1.29, 1.82) is 0 Å². The molecule has 0 aromatic carbocycles. The van der Waals surface area contributed by atoms with Crippen molar-refractivity contribution in [3.8, 4) is 5.88 Å². The number of nitrogens with one attached hydrogen (secondary N) is 1. The van der Waals surface area contributed by atoms with Gasteiger partial charge in [-0.2, -0.15) is 0 Å². The zero-order chi connectivity index (χ0) is 14.4. The second-order valence-corrected chi connectivity index (χ2v) is 6.36. The molecule has 5 nitrogen and oxygen atoms in total. The smallest absolute Gasteiger partial charge is 0.331 e. The maximum atomic E-state index is 12.1. The van der Waals surface area contributed by atoms with Crippen molar-refractivity contribution < 1.29 is 5.11 Å². The maximum absolute atomic E-state index is 12.1. The third-order valence-electron chi connectivity index (χ3n) is 5.38. The van der Waals surface area contributed by atoms with E-state index >= 15 is 0 Å². The van der Waals surface area contributed by atoms with E-state index in [1.165, 1.54) is 23.8 Å². The summed E-state index contributed by atoms with van der Waals surface area (Å²) in [6.07, 6.45) is 5.36. The van der Waals surface area contributed by atoms with Gasteiger partial charge < -0.3 is 5.11 Å². The zero-order valence-electron chi connectivity index (χ0n) is 12.1. The second kappa shape index (κ2) is 4.79. The summed E-state index contributed by atoms with van der Waals surface area (Å²) in [4.78, 5) is 26.1. The van der Waals surface area contributed by atoms with Crippen LogP contribution in [0.25, 0.3) is 0 Å². The molecule has 0 aliphatic heterocycles. The highest BCUT2D eigenvalue weighted by Gasteiger charge is 2.43. The van der Waals surface area contributed by atoms with Crippen LogP contribution in [0.3, 0.4) is 0 Å². The third kappa shape index (κ3) is 1.91. The molecule has 0 spiro atoms. The molecule has 1 aromatic heterocycles. The molecule has 2 aliphatic rings. The summed E-state index contributed by atoms with van der Waals surface area (Å²) >= 11 is 0. The van der Waals surface area contributed by atoms with Gasteiger partial charge in [-0.3, -0.25) is 14.3 Å². The average Bonchev–Trinajstić information content (AvgIpc) is 3.00. The van der Waals surface area contributed by atoms with Crippen molar-refractivity contribution in [2.75, 3.05) is 0 Å². The van der Waals surface area contributed by atoms with Crippen molar-refractivity contribution in [2.24, 2.45) is 17.8 Å². The van der Waals surface area contributed by atoms with Gasteiger partial charge >= 0.3 is 5.69 Å². The van der Waals surface area contributed by atoms with Crippen LogP contribution in [0, 0.1) is 17.8 Å². The van der Waals surface area contributed by atoms with E-state index in [-0.39, 0.29) is 11.9 Å². The van der Waals surface area contributed by atoms with Crippen molar-refractivity contribution >= 4 is 0 Å². The largest absolute Gasteiger partial charge is 0.494 e. The van der Waals surface area contributed by atoms with Crippen LogP contribution in [-0.2, 0) is 6.42 Å². The van der Waals surface area contributed by atoms with Crippen LogP contribution in [0.1, 0.15) is 51.1 Å². The number of aromatic nitrogens is 2. The molecule has 2 bridgehead atoms. The van der Waals surface area contributed by atoms with Gasteiger partial charge in [0.2, 0.25) is 5.88 Å². The number of nitrogens with zero attached hydrogens (tertiary/aromatic N) is 1. The molecule has 20 heavy (non-hydrogen) atoms. The molecule has 1 aromatic rings. The molecule has 1 heterocycles. The zero-order valence-corrected chi connectivity index (χ0v) is 12.1. The Hall–Kier alpha value is -1.52. The molecule has 5 heteroatoms. The van der Waals surface area contributed by atoms with Crippen molar-refractivity contribution in [1.82, 2.24) is 9.55 Å². The summed E-state index contributed by atoms with van der Waals surface area (Å²) in [6, 6.07) is -0.0556. The van der Waals surface area contributed by atoms with Crippen LogP contribution in [0.5, 0.6) is 5.88 Å². The highest BCUT2D eigenvalue weighted by Crippen LogP contribution is 2.52. The molecule has 4 unspecified atom stereocenters. The fraction of sp³-hybridized carbons (Fsp3) is 0.733. The topological polar surface area (TPSA) is 75.1 Å². The standard InChI is InChI=1S/C15H22N2O3/c1-3-11-13(18)16-15(20)17(14(11)19)8(2)12-7-9-4-5-10(12)6-9/h8-10,12,19H,3-7H2,1-2H3,(H,16,18,20). The molecule has 2 fully saturated rings. The average molecular weight is 278 g/mol. The summed E-state index contributed by atoms with van der Waals surface area (Å²) in [5, 5.41) is 10.3. The SMILES string of the molecule is CCc1c(O)n(C(C)C2CC3CCC2C3)c(=O)[nH]c1=O. The Morgan fingerprint density at radius 2 is 2.10 bits per heavy atom. The molecule has 110 valence electrons. The highest BCUT2D eigenvalue weighted by molar-refractivity contribution is 5.23. The lowest BCUT2D eigenvalue weighted by Crippen LogP contribution is -2.36. The highest BCUT2D eigenvalue weighted by atomic mass is 16.3. The quantitative estimate of drug-likeness (QED) is 0.885. The van der Waals surface area contributed by atoms with E-state index in [2.05, 4.69) is 4.98 Å². The van der Waals surface area contributed by atoms with Gasteiger partial charge in [0, 0.05) is 6.04 Å². The van der Waals surface area contributed by atoms with E-state index in [9.17, 15) is 14.7 Å². The van der Waals surface area contributed by atoms with Crippen molar-refractivity contribution in [2.45, 2.75) is 52.0 Å². The number of hydrogen-bond acceptors (Lipinski definition) is 3. The van der Waals surface area contributed by atoms with E-state index in [0.717, 1.165) is 12.3 Å². The second-order valence-electron chi connectivity index (χ2n) is 6.36. The fourth-order valence-electron chi connectivity index (χ4n) is 4.35. The minimum Gasteiger partial charge on any atom is -0.494 e. The minimum absolute atomic E-state index is 0.0556. The maximum Gasteiger partial charge on any atom is 0.331 e. The van der Waals surface area contributed by atoms with Gasteiger partial charge in [-0.05, 0) is 50.4 Å². The normalized spacial score (nSPS) is 29.8. The lowest BCUT2D eigenvalue weighted by Gasteiger charge is -2.29. The number of fused-ring (bicyclic) bond motifs is 2. The van der Waals surface area contributed by atoms with Crippen LogP contribution in [0.15, 0.2) is 9.59 Å². The molecule has 0 radical (unpaired) electrons. The number of aromatic amines is 1. The van der Waals surface area contributed by atoms with Crippen LogP contribution < -0.4 is 11.2 Å². The Morgan fingerprint density at radius 1 is 1.35 bits per heavy atom. The van der Waals surface area contributed by atoms with Gasteiger partial charge in [0.15, 0.2) is 0 Å². The predicted molar refractivity (Wildman–Crippen MR) is 76.0 cm³/mol. The molecule has 0 amide bonds. The first-order valence-corrected chi connectivity index (χ1v) is 7.59. The molecule has 3 rings (SSSR count). The van der Waals surface area contributed by atoms with E-state index in [0.29, 0.717) is 23.8 Å². The number of aromatic hydroxyl groups is 1. The molecular formula is C15H22N2O3. The first kappa shape index (κ1) is 13.5. The van der Waals surface area contributed by atoms with E-state index < -0.39 is 11.2 Å². The Balaban J connectivity index is 2.01. The summed E-state index contributed by atoms with van der Waals surface area (Å²) in [7, 11) is 0. The number of rotatable bonds is 3. The first-order valence-electron chi connectivity index (χ1n) is 7.59. The van der Waals surface area contributed by atoms with E-state index in [4.69, 9.17) is 0 Å². The van der Waals surface area contributed by atoms with Gasteiger partial charge in [0.1, 0.15) is 0 Å². The monoisotopic (exact) mass is 278 g/mol. The summed E-state index contributed by atoms with van der Waals surface area (Å²) in [5.41, 5.74) is -0.647. The Labute approximate surface area is 117 Å². The van der Waals surface area contributed by atoms with Gasteiger partial charge in [0.25, 0.3) is 5.56 Å². The fourth-order valence-corrected chi connectivity index (χ4v) is 4.35. The lowest BCUT2D eigenvalue weighted by molar-refractivity contribution is 0.220. The Bertz CT molecular complexity index is 631. The summed E-state index contributed by atoms with van der Waals surface area (Å²) < 4.78 is 1.39. The van der Waals surface area contributed by atoms with Gasteiger partial charge in [-0.1, -0.05) is 13.3 Å². The Kier molecular flexibility index (Phi) is 3.22. The molecule has 2 N–H and O–H groups in total. The van der Waals surface area contributed by atoms with Crippen LogP contribution in [0.2, 0.25) is 0 Å². The van der Waals surface area contributed by atoms with Gasteiger partial charge in [-0.15, -0.1) is 0 Å². The lowest BCUT2D eigenvalue weighted by atomic mass is 9.84. The minimum atomic E-state index is -0.486. The van der Waals surface area contributed by atoms with Crippen LogP contribution >= 0.6 is 0 Å². The molecule has 2 saturated carbocycles. The summed E-state index contributed by atoms with van der Waals surface area (Å²) in [6.45, 7) is 3.80. The number of H-pyrrole nitrogens is 1. The van der Waals surface area contributed by atoms with Gasteiger partial charge in [0.05, 0.1) is 5.56 Å². The molecule has 2 aliphatic carbocycles. The van der Waals surface area contributed by atoms with Crippen LogP contribution in [-0.4, -0.2) is 14.7 Å². The van der Waals surface area contributed by atoms with E-state index in [1.807, 2.05) is 6.92 Å². The van der Waals surface area contributed by atoms with Crippen LogP contribution in [0.4, 0.5) is 0 Å². The third-order valence-corrected chi connectivity index (χ3v) is 5.38. The molecule has 4 atom stereocenters. The van der Waals surface area contributed by atoms with Gasteiger partial charge in [-0.25, -0.2) is 4.79 Å². The predicted octanol–water partition coefficient (Wildman–Crippen LogP) is 1.80.